The molecule has 0 radical (unpaired) electrons. The molecule has 0 spiro atoms. The fourth-order valence-corrected chi connectivity index (χ4v) is 8.32. The zero-order valence-electron chi connectivity index (χ0n) is 24.5. The molecule has 1 aromatic heterocycles. The highest BCUT2D eigenvalue weighted by Crippen LogP contribution is 2.38. The molecule has 0 aliphatic carbocycles. The first-order chi connectivity index (χ1) is 20.6. The van der Waals surface area contributed by atoms with Gasteiger partial charge in [0, 0.05) is 57.3 Å². The van der Waals surface area contributed by atoms with Crippen molar-refractivity contribution < 1.29 is 27.5 Å². The maximum atomic E-state index is 13.3. The van der Waals surface area contributed by atoms with E-state index in [4.69, 9.17) is 4.74 Å². The van der Waals surface area contributed by atoms with Crippen LogP contribution in [-0.2, 0) is 39.1 Å². The minimum atomic E-state index is -3.78. The Morgan fingerprint density at radius 3 is 2.30 bits per heavy atom. The summed E-state index contributed by atoms with van der Waals surface area (Å²) in [6.45, 7) is 2.73. The number of hydrogen-bond acceptors (Lipinski definition) is 8. The number of anilines is 1. The maximum Gasteiger partial charge on any atom is 0.308 e. The highest BCUT2D eigenvalue weighted by molar-refractivity contribution is 7.89. The molecule has 43 heavy (non-hydrogen) atoms. The number of sulfonamides is 1. The molecular weight excluding hydrogens is 588 g/mol. The molecule has 3 heterocycles. The van der Waals surface area contributed by atoms with E-state index < -0.39 is 15.9 Å². The molecule has 1 fully saturated rings. The third-order valence-corrected chi connectivity index (χ3v) is 11.0. The predicted octanol–water partition coefficient (Wildman–Crippen LogP) is 3.83. The van der Waals surface area contributed by atoms with Gasteiger partial charge in [-0.25, -0.2) is 8.42 Å². The number of carbonyl (C=O) groups excluding carboxylic acids is 3. The highest BCUT2D eigenvalue weighted by Gasteiger charge is 2.33. The van der Waals surface area contributed by atoms with Gasteiger partial charge in [-0.15, -0.1) is 11.3 Å². The quantitative estimate of drug-likeness (QED) is 0.379. The highest BCUT2D eigenvalue weighted by atomic mass is 32.2. The van der Waals surface area contributed by atoms with Crippen LogP contribution in [-0.4, -0.2) is 81.1 Å². The van der Waals surface area contributed by atoms with E-state index in [9.17, 15) is 22.8 Å². The lowest BCUT2D eigenvalue weighted by Gasteiger charge is -2.29. The summed E-state index contributed by atoms with van der Waals surface area (Å²) in [7, 11) is 0.939. The molecule has 0 unspecified atom stereocenters. The Balaban J connectivity index is 1.31. The van der Waals surface area contributed by atoms with Gasteiger partial charge in [-0.3, -0.25) is 19.3 Å². The Kier molecular flexibility index (Phi) is 9.30. The number of fused-ring (bicyclic) bond motifs is 1. The largest absolute Gasteiger partial charge is 0.469 e. The normalized spacial score (nSPS) is 16.3. The second-order valence-corrected chi connectivity index (χ2v) is 14.1. The van der Waals surface area contributed by atoms with Crippen LogP contribution in [0.5, 0.6) is 0 Å². The first-order valence-electron chi connectivity index (χ1n) is 14.2. The van der Waals surface area contributed by atoms with Gasteiger partial charge < -0.3 is 15.0 Å². The summed E-state index contributed by atoms with van der Waals surface area (Å²) in [5.74, 6) is -1.21. The molecule has 0 atom stereocenters. The molecule has 2 amide bonds. The molecule has 2 aliphatic rings. The number of rotatable bonds is 8. The van der Waals surface area contributed by atoms with Crippen molar-refractivity contribution in [3.05, 3.63) is 81.7 Å². The average molecular weight is 625 g/mol. The molecule has 0 bridgehead atoms. The zero-order valence-corrected chi connectivity index (χ0v) is 26.2. The number of ether oxygens (including phenoxy) is 1. The monoisotopic (exact) mass is 624 g/mol. The van der Waals surface area contributed by atoms with Crippen molar-refractivity contribution in [3.63, 3.8) is 0 Å². The smallest absolute Gasteiger partial charge is 0.308 e. The Bertz CT molecular complexity index is 1590. The van der Waals surface area contributed by atoms with Crippen molar-refractivity contribution in [3.8, 4) is 0 Å². The summed E-state index contributed by atoms with van der Waals surface area (Å²) in [5.41, 5.74) is 2.99. The van der Waals surface area contributed by atoms with Gasteiger partial charge in [-0.05, 0) is 54.7 Å². The molecule has 0 saturated carbocycles. The van der Waals surface area contributed by atoms with Crippen LogP contribution >= 0.6 is 11.3 Å². The van der Waals surface area contributed by atoms with Gasteiger partial charge in [0.05, 0.1) is 23.5 Å². The topological polar surface area (TPSA) is 116 Å². The molecule has 12 heteroatoms. The first kappa shape index (κ1) is 30.9. The second kappa shape index (κ2) is 13.0. The minimum absolute atomic E-state index is 0.0779. The lowest BCUT2D eigenvalue weighted by Crippen LogP contribution is -2.40. The van der Waals surface area contributed by atoms with E-state index in [1.807, 2.05) is 18.2 Å². The van der Waals surface area contributed by atoms with Crippen molar-refractivity contribution in [2.45, 2.75) is 37.2 Å². The second-order valence-electron chi connectivity index (χ2n) is 11.0. The Morgan fingerprint density at radius 2 is 1.67 bits per heavy atom. The number of amides is 2. The fourth-order valence-electron chi connectivity index (χ4n) is 5.57. The van der Waals surface area contributed by atoms with E-state index in [2.05, 4.69) is 22.3 Å². The summed E-state index contributed by atoms with van der Waals surface area (Å²) in [6.07, 6.45) is 1.50. The molecule has 2 aliphatic heterocycles. The number of thiophene rings is 1. The molecule has 1 N–H and O–H groups in total. The van der Waals surface area contributed by atoms with E-state index in [0.717, 1.165) is 23.5 Å². The Morgan fingerprint density at radius 1 is 1.00 bits per heavy atom. The number of nitrogens with one attached hydrogen (secondary N) is 1. The summed E-state index contributed by atoms with van der Waals surface area (Å²) >= 11 is 1.42. The summed E-state index contributed by atoms with van der Waals surface area (Å²) in [4.78, 5) is 43.4. The lowest BCUT2D eigenvalue weighted by molar-refractivity contribution is -0.146. The van der Waals surface area contributed by atoms with Crippen molar-refractivity contribution in [1.82, 2.24) is 14.1 Å². The molecule has 2 aromatic carbocycles. The van der Waals surface area contributed by atoms with Crippen LogP contribution in [0, 0.1) is 5.92 Å². The molecular formula is C31H36N4O6S2. The minimum Gasteiger partial charge on any atom is -0.469 e. The molecule has 5 rings (SSSR count). The van der Waals surface area contributed by atoms with Crippen LogP contribution < -0.4 is 5.32 Å². The van der Waals surface area contributed by atoms with Gasteiger partial charge >= 0.3 is 5.97 Å². The van der Waals surface area contributed by atoms with E-state index in [1.165, 1.54) is 57.5 Å². The van der Waals surface area contributed by atoms with Gasteiger partial charge in [0.1, 0.15) is 5.00 Å². The van der Waals surface area contributed by atoms with Gasteiger partial charge in [0.2, 0.25) is 10.0 Å². The number of benzene rings is 2. The Labute approximate surface area is 256 Å². The maximum absolute atomic E-state index is 13.3. The zero-order chi connectivity index (χ0) is 30.7. The van der Waals surface area contributed by atoms with E-state index >= 15 is 0 Å². The summed E-state index contributed by atoms with van der Waals surface area (Å²) in [5, 5.41) is 3.44. The number of hydrogen-bond donors (Lipinski definition) is 1. The molecule has 10 nitrogen and oxygen atoms in total. The van der Waals surface area contributed by atoms with Gasteiger partial charge in [-0.1, -0.05) is 30.3 Å². The van der Waals surface area contributed by atoms with Crippen molar-refractivity contribution in [2.75, 3.05) is 46.2 Å². The molecule has 228 valence electrons. The van der Waals surface area contributed by atoms with Crippen LogP contribution in [0.1, 0.15) is 49.6 Å². The SMILES string of the molecule is COC(=O)C1CCN(S(=O)(=O)c2ccc(C(=O)Nc3sc4c(c3C(=O)N(C)C)CCN(Cc3ccccc3)C4)cc2)CC1. The number of piperidine rings is 1. The van der Waals surface area contributed by atoms with Gasteiger partial charge in [0.25, 0.3) is 11.8 Å². The van der Waals surface area contributed by atoms with E-state index in [-0.39, 0.29) is 41.3 Å². The van der Waals surface area contributed by atoms with E-state index in [0.29, 0.717) is 36.4 Å². The first-order valence-corrected chi connectivity index (χ1v) is 16.5. The van der Waals surface area contributed by atoms with Crippen LogP contribution in [0.2, 0.25) is 0 Å². The van der Waals surface area contributed by atoms with Crippen molar-refractivity contribution >= 4 is 44.1 Å². The lowest BCUT2D eigenvalue weighted by atomic mass is 9.99. The average Bonchev–Trinajstić information content (AvgIpc) is 3.37. The number of nitrogens with zero attached hydrogens (tertiary/aromatic N) is 3. The van der Waals surface area contributed by atoms with Crippen molar-refractivity contribution in [2.24, 2.45) is 5.92 Å². The molecule has 1 saturated heterocycles. The third kappa shape index (κ3) is 6.67. The predicted molar refractivity (Wildman–Crippen MR) is 164 cm³/mol. The Hall–Kier alpha value is -3.58. The van der Waals surface area contributed by atoms with Crippen LogP contribution in [0.25, 0.3) is 0 Å². The van der Waals surface area contributed by atoms with Crippen LogP contribution in [0.15, 0.2) is 59.5 Å². The molecule has 3 aromatic rings. The third-order valence-electron chi connectivity index (χ3n) is 7.97. The fraction of sp³-hybridized carbons (Fsp3) is 0.387. The van der Waals surface area contributed by atoms with Crippen LogP contribution in [0.3, 0.4) is 0 Å². The summed E-state index contributed by atoms with van der Waals surface area (Å²) in [6, 6.07) is 16.0. The van der Waals surface area contributed by atoms with Gasteiger partial charge in [-0.2, -0.15) is 4.31 Å². The summed E-state index contributed by atoms with van der Waals surface area (Å²) < 4.78 is 32.6. The standard InChI is InChI=1S/C31H36N4O6S2/c1-33(2)30(37)27-25-15-16-34(19-21-7-5-4-6-8-21)20-26(25)42-29(27)32-28(36)22-9-11-24(12-10-22)43(39,40)35-17-13-23(14-18-35)31(38)41-3/h4-12,23H,13-20H2,1-3H3,(H,32,36). The number of methoxy groups -OCH3 is 1. The van der Waals surface area contributed by atoms with Gasteiger partial charge in [0.15, 0.2) is 0 Å². The van der Waals surface area contributed by atoms with Crippen molar-refractivity contribution in [1.29, 1.82) is 0 Å². The number of carbonyl (C=O) groups is 3. The van der Waals surface area contributed by atoms with E-state index in [1.54, 1.807) is 14.1 Å². The van der Waals surface area contributed by atoms with Crippen LogP contribution in [0.4, 0.5) is 5.00 Å². The number of esters is 1.